The van der Waals surface area contributed by atoms with Crippen LogP contribution in [0, 0.1) is 6.92 Å². The summed E-state index contributed by atoms with van der Waals surface area (Å²) >= 11 is 1.38. The van der Waals surface area contributed by atoms with Crippen LogP contribution in [0.25, 0.3) is 0 Å². The zero-order valence-corrected chi connectivity index (χ0v) is 11.5. The molecule has 2 aromatic heterocycles. The maximum atomic E-state index is 10.9. The molecule has 0 saturated heterocycles. The Labute approximate surface area is 115 Å². The number of aromatic carboxylic acids is 1. The molecule has 2 N–H and O–H groups in total. The molecular weight excluding hydrogens is 264 g/mol. The van der Waals surface area contributed by atoms with Crippen LogP contribution in [0.4, 0.5) is 5.13 Å². The van der Waals surface area contributed by atoms with Crippen LogP contribution < -0.4 is 5.32 Å². The highest BCUT2D eigenvalue weighted by atomic mass is 32.1. The molecule has 2 heterocycles. The second kappa shape index (κ2) is 6.33. The molecule has 0 aliphatic carbocycles. The van der Waals surface area contributed by atoms with Crippen LogP contribution in [-0.4, -0.2) is 32.2 Å². The zero-order chi connectivity index (χ0) is 13.7. The SMILES string of the molecule is Cc1sc(NCCCCn2ccnc2)nc1C(=O)O. The number of nitrogens with zero attached hydrogens (tertiary/aromatic N) is 3. The first-order valence-electron chi connectivity index (χ1n) is 6.07. The van der Waals surface area contributed by atoms with E-state index in [0.29, 0.717) is 5.13 Å². The first kappa shape index (κ1) is 13.5. The van der Waals surface area contributed by atoms with E-state index in [0.717, 1.165) is 30.8 Å². The van der Waals surface area contributed by atoms with Gasteiger partial charge in [0.25, 0.3) is 0 Å². The second-order valence-electron chi connectivity index (χ2n) is 4.16. The van der Waals surface area contributed by atoms with E-state index in [2.05, 4.69) is 15.3 Å². The summed E-state index contributed by atoms with van der Waals surface area (Å²) in [5.41, 5.74) is 0.144. The third kappa shape index (κ3) is 3.78. The van der Waals surface area contributed by atoms with Gasteiger partial charge < -0.3 is 15.0 Å². The third-order valence-electron chi connectivity index (χ3n) is 2.68. The summed E-state index contributed by atoms with van der Waals surface area (Å²) < 4.78 is 2.04. The minimum Gasteiger partial charge on any atom is -0.476 e. The highest BCUT2D eigenvalue weighted by Gasteiger charge is 2.13. The predicted molar refractivity (Wildman–Crippen MR) is 73.8 cm³/mol. The Kier molecular flexibility index (Phi) is 4.51. The maximum Gasteiger partial charge on any atom is 0.355 e. The number of hydrogen-bond donors (Lipinski definition) is 2. The maximum absolute atomic E-state index is 10.9. The van der Waals surface area contributed by atoms with Crippen molar-refractivity contribution in [2.45, 2.75) is 26.3 Å². The van der Waals surface area contributed by atoms with Crippen molar-refractivity contribution in [1.29, 1.82) is 0 Å². The minimum atomic E-state index is -0.970. The van der Waals surface area contributed by atoms with Gasteiger partial charge in [-0.15, -0.1) is 11.3 Å². The van der Waals surface area contributed by atoms with Gasteiger partial charge in [0.2, 0.25) is 0 Å². The molecule has 0 aliphatic heterocycles. The average molecular weight is 280 g/mol. The number of carboxylic acids is 1. The number of rotatable bonds is 7. The Morgan fingerprint density at radius 1 is 1.53 bits per heavy atom. The molecule has 6 nitrogen and oxygen atoms in total. The number of imidazole rings is 1. The smallest absolute Gasteiger partial charge is 0.355 e. The number of thiazole rings is 1. The Morgan fingerprint density at radius 3 is 3.00 bits per heavy atom. The third-order valence-corrected chi connectivity index (χ3v) is 3.61. The van der Waals surface area contributed by atoms with Crippen molar-refractivity contribution in [3.8, 4) is 0 Å². The summed E-state index contributed by atoms with van der Waals surface area (Å²) in [4.78, 5) is 19.6. The second-order valence-corrected chi connectivity index (χ2v) is 5.37. The predicted octanol–water partition coefficient (Wildman–Crippen LogP) is 2.24. The number of aryl methyl sites for hydroxylation is 2. The monoisotopic (exact) mass is 280 g/mol. The van der Waals surface area contributed by atoms with Gasteiger partial charge in [-0.25, -0.2) is 14.8 Å². The van der Waals surface area contributed by atoms with Gasteiger partial charge in [-0.1, -0.05) is 0 Å². The van der Waals surface area contributed by atoms with E-state index in [1.54, 1.807) is 19.4 Å². The number of aromatic nitrogens is 3. The number of hydrogen-bond acceptors (Lipinski definition) is 5. The zero-order valence-electron chi connectivity index (χ0n) is 10.7. The number of carbonyl (C=O) groups is 1. The first-order valence-corrected chi connectivity index (χ1v) is 6.89. The van der Waals surface area contributed by atoms with E-state index >= 15 is 0 Å². The van der Waals surface area contributed by atoms with Gasteiger partial charge >= 0.3 is 5.97 Å². The van der Waals surface area contributed by atoms with Gasteiger partial charge in [-0.3, -0.25) is 0 Å². The summed E-state index contributed by atoms with van der Waals surface area (Å²) in [6.45, 7) is 3.50. The molecule has 0 bridgehead atoms. The van der Waals surface area contributed by atoms with E-state index in [4.69, 9.17) is 5.11 Å². The molecule has 0 radical (unpaired) electrons. The lowest BCUT2D eigenvalue weighted by Gasteiger charge is -2.03. The van der Waals surface area contributed by atoms with Crippen LogP contribution in [0.3, 0.4) is 0 Å². The molecule has 19 heavy (non-hydrogen) atoms. The summed E-state index contributed by atoms with van der Waals surface area (Å²) in [5, 5.41) is 12.7. The number of carboxylic acid groups (broad SMARTS) is 1. The largest absolute Gasteiger partial charge is 0.476 e. The molecule has 0 spiro atoms. The highest BCUT2D eigenvalue weighted by molar-refractivity contribution is 7.15. The van der Waals surface area contributed by atoms with Gasteiger partial charge in [0, 0.05) is 30.4 Å². The summed E-state index contributed by atoms with van der Waals surface area (Å²) in [5.74, 6) is -0.970. The fourth-order valence-electron chi connectivity index (χ4n) is 1.70. The molecule has 0 unspecified atom stereocenters. The molecule has 0 saturated carbocycles. The van der Waals surface area contributed by atoms with Crippen molar-refractivity contribution in [3.05, 3.63) is 29.3 Å². The van der Waals surface area contributed by atoms with E-state index < -0.39 is 5.97 Å². The Bertz CT molecular complexity index is 536. The molecule has 0 aromatic carbocycles. The molecule has 0 aliphatic rings. The Hall–Kier alpha value is -1.89. The van der Waals surface area contributed by atoms with Crippen LogP contribution in [-0.2, 0) is 6.54 Å². The van der Waals surface area contributed by atoms with Gasteiger partial charge in [0.15, 0.2) is 10.8 Å². The van der Waals surface area contributed by atoms with Crippen LogP contribution in [0.1, 0.15) is 28.2 Å². The van der Waals surface area contributed by atoms with Crippen molar-refractivity contribution in [2.24, 2.45) is 0 Å². The summed E-state index contributed by atoms with van der Waals surface area (Å²) in [7, 11) is 0. The summed E-state index contributed by atoms with van der Waals surface area (Å²) in [6.07, 6.45) is 7.55. The van der Waals surface area contributed by atoms with E-state index in [1.807, 2.05) is 10.8 Å². The van der Waals surface area contributed by atoms with Crippen molar-refractivity contribution in [3.63, 3.8) is 0 Å². The van der Waals surface area contributed by atoms with E-state index in [-0.39, 0.29) is 5.69 Å². The number of unbranched alkanes of at least 4 members (excludes halogenated alkanes) is 1. The van der Waals surface area contributed by atoms with Gasteiger partial charge in [-0.2, -0.15) is 0 Å². The molecule has 0 atom stereocenters. The standard InChI is InChI=1S/C12H16N4O2S/c1-9-10(11(17)18)15-12(19-9)14-4-2-3-6-16-7-5-13-8-16/h5,7-8H,2-4,6H2,1H3,(H,14,15)(H,17,18). The molecule has 0 fully saturated rings. The molecule has 2 rings (SSSR count). The van der Waals surface area contributed by atoms with Crippen molar-refractivity contribution in [2.75, 3.05) is 11.9 Å². The molecular formula is C12H16N4O2S. The normalized spacial score (nSPS) is 10.6. The lowest BCUT2D eigenvalue weighted by molar-refractivity contribution is 0.0690. The first-order chi connectivity index (χ1) is 9.16. The van der Waals surface area contributed by atoms with E-state index in [1.165, 1.54) is 11.3 Å². The quantitative estimate of drug-likeness (QED) is 0.760. The van der Waals surface area contributed by atoms with Crippen LogP contribution in [0.2, 0.25) is 0 Å². The summed E-state index contributed by atoms with van der Waals surface area (Å²) in [6, 6.07) is 0. The Morgan fingerprint density at radius 2 is 2.37 bits per heavy atom. The van der Waals surface area contributed by atoms with Gasteiger partial charge in [-0.05, 0) is 19.8 Å². The van der Waals surface area contributed by atoms with Gasteiger partial charge in [0.05, 0.1) is 6.33 Å². The van der Waals surface area contributed by atoms with Crippen LogP contribution >= 0.6 is 11.3 Å². The fourth-order valence-corrected chi connectivity index (χ4v) is 2.53. The van der Waals surface area contributed by atoms with Crippen molar-refractivity contribution in [1.82, 2.24) is 14.5 Å². The molecule has 0 amide bonds. The minimum absolute atomic E-state index is 0.144. The lowest BCUT2D eigenvalue weighted by atomic mass is 10.3. The van der Waals surface area contributed by atoms with Gasteiger partial charge in [0.1, 0.15) is 0 Å². The average Bonchev–Trinajstić information content (AvgIpc) is 2.98. The Balaban J connectivity index is 1.71. The number of anilines is 1. The van der Waals surface area contributed by atoms with Crippen LogP contribution in [0.15, 0.2) is 18.7 Å². The topological polar surface area (TPSA) is 80.0 Å². The molecule has 2 aromatic rings. The lowest BCUT2D eigenvalue weighted by Crippen LogP contribution is -2.04. The van der Waals surface area contributed by atoms with Crippen molar-refractivity contribution >= 4 is 22.4 Å². The fraction of sp³-hybridized carbons (Fsp3) is 0.417. The van der Waals surface area contributed by atoms with Crippen LogP contribution in [0.5, 0.6) is 0 Å². The number of nitrogens with one attached hydrogen (secondary N) is 1. The molecule has 102 valence electrons. The van der Waals surface area contributed by atoms with E-state index in [9.17, 15) is 4.79 Å². The highest BCUT2D eigenvalue weighted by Crippen LogP contribution is 2.21. The molecule has 7 heteroatoms. The van der Waals surface area contributed by atoms with Crippen molar-refractivity contribution < 1.29 is 9.90 Å².